The zero-order valence-corrected chi connectivity index (χ0v) is 8.80. The van der Waals surface area contributed by atoms with Crippen molar-refractivity contribution in [3.63, 3.8) is 0 Å². The molecule has 0 atom stereocenters. The Morgan fingerprint density at radius 2 is 2.00 bits per heavy atom. The Labute approximate surface area is 81.0 Å². The molecule has 0 bridgehead atoms. The first kappa shape index (κ1) is 10.1. The highest BCUT2D eigenvalue weighted by atomic mass is 14.5. The van der Waals surface area contributed by atoms with E-state index in [9.17, 15) is 0 Å². The highest BCUT2D eigenvalue weighted by Gasteiger charge is 2.00. The predicted octanol–water partition coefficient (Wildman–Crippen LogP) is 3.17. The summed E-state index contributed by atoms with van der Waals surface area (Å²) in [6.07, 6.45) is 2.39. The van der Waals surface area contributed by atoms with Gasteiger partial charge in [-0.1, -0.05) is 19.9 Å². The van der Waals surface area contributed by atoms with Crippen LogP contribution in [0.5, 0.6) is 0 Å². The SMILES string of the molecule is Cc1ccc(N)cc1CCC(C)C. The number of anilines is 1. The smallest absolute Gasteiger partial charge is 0.0316 e. The molecule has 2 N–H and O–H groups in total. The van der Waals surface area contributed by atoms with E-state index in [1.165, 1.54) is 17.5 Å². The van der Waals surface area contributed by atoms with Gasteiger partial charge in [0.1, 0.15) is 0 Å². The Bertz CT molecular complexity index is 276. The van der Waals surface area contributed by atoms with E-state index in [2.05, 4.69) is 32.9 Å². The van der Waals surface area contributed by atoms with Gasteiger partial charge < -0.3 is 5.73 Å². The Morgan fingerprint density at radius 3 is 2.62 bits per heavy atom. The highest BCUT2D eigenvalue weighted by Crippen LogP contribution is 2.16. The molecule has 1 rings (SSSR count). The van der Waals surface area contributed by atoms with E-state index < -0.39 is 0 Å². The van der Waals surface area contributed by atoms with Gasteiger partial charge in [0.25, 0.3) is 0 Å². The van der Waals surface area contributed by atoms with Crippen molar-refractivity contribution >= 4 is 5.69 Å². The second-order valence-corrected chi connectivity index (χ2v) is 4.12. The fourth-order valence-electron chi connectivity index (χ4n) is 1.40. The number of hydrogen-bond acceptors (Lipinski definition) is 1. The maximum Gasteiger partial charge on any atom is 0.0316 e. The molecule has 0 radical (unpaired) electrons. The summed E-state index contributed by atoms with van der Waals surface area (Å²) < 4.78 is 0. The zero-order valence-electron chi connectivity index (χ0n) is 8.80. The van der Waals surface area contributed by atoms with Gasteiger partial charge in [-0.25, -0.2) is 0 Å². The minimum absolute atomic E-state index is 0.765. The van der Waals surface area contributed by atoms with Gasteiger partial charge in [-0.3, -0.25) is 0 Å². The summed E-state index contributed by atoms with van der Waals surface area (Å²) in [6.45, 7) is 6.65. The Hall–Kier alpha value is -0.980. The van der Waals surface area contributed by atoms with Crippen LogP contribution in [0.2, 0.25) is 0 Å². The summed E-state index contributed by atoms with van der Waals surface area (Å²) in [5.41, 5.74) is 9.37. The van der Waals surface area contributed by atoms with E-state index in [0.717, 1.165) is 18.0 Å². The van der Waals surface area contributed by atoms with Gasteiger partial charge in [-0.2, -0.15) is 0 Å². The molecule has 0 saturated heterocycles. The fourth-order valence-corrected chi connectivity index (χ4v) is 1.40. The third kappa shape index (κ3) is 3.10. The molecular formula is C12H19N. The van der Waals surface area contributed by atoms with E-state index >= 15 is 0 Å². The van der Waals surface area contributed by atoms with Crippen LogP contribution in [0.15, 0.2) is 18.2 Å². The first-order valence-corrected chi connectivity index (χ1v) is 4.94. The van der Waals surface area contributed by atoms with Crippen molar-refractivity contribution in [2.24, 2.45) is 5.92 Å². The minimum atomic E-state index is 0.765. The number of nitrogens with two attached hydrogens (primary N) is 1. The van der Waals surface area contributed by atoms with Crippen LogP contribution in [0.4, 0.5) is 5.69 Å². The molecule has 0 aliphatic carbocycles. The second kappa shape index (κ2) is 4.31. The Kier molecular flexibility index (Phi) is 3.35. The zero-order chi connectivity index (χ0) is 9.84. The lowest BCUT2D eigenvalue weighted by atomic mass is 9.99. The maximum absolute atomic E-state index is 5.73. The molecule has 0 saturated carbocycles. The molecule has 1 heteroatoms. The van der Waals surface area contributed by atoms with Gasteiger partial charge in [0.05, 0.1) is 0 Å². The third-order valence-corrected chi connectivity index (χ3v) is 2.36. The van der Waals surface area contributed by atoms with Crippen LogP contribution in [0.3, 0.4) is 0 Å². The fraction of sp³-hybridized carbons (Fsp3) is 0.500. The van der Waals surface area contributed by atoms with Gasteiger partial charge >= 0.3 is 0 Å². The summed E-state index contributed by atoms with van der Waals surface area (Å²) in [7, 11) is 0. The summed E-state index contributed by atoms with van der Waals surface area (Å²) in [4.78, 5) is 0. The van der Waals surface area contributed by atoms with Crippen LogP contribution in [-0.4, -0.2) is 0 Å². The normalized spacial score (nSPS) is 10.8. The average Bonchev–Trinajstić information content (AvgIpc) is 2.06. The van der Waals surface area contributed by atoms with Gasteiger partial charge in [0.2, 0.25) is 0 Å². The Balaban J connectivity index is 2.70. The van der Waals surface area contributed by atoms with Crippen molar-refractivity contribution < 1.29 is 0 Å². The third-order valence-electron chi connectivity index (χ3n) is 2.36. The average molecular weight is 177 g/mol. The predicted molar refractivity (Wildman–Crippen MR) is 58.8 cm³/mol. The molecule has 1 aromatic rings. The molecule has 1 aromatic carbocycles. The van der Waals surface area contributed by atoms with Crippen molar-refractivity contribution in [3.8, 4) is 0 Å². The molecule has 0 aromatic heterocycles. The number of rotatable bonds is 3. The highest BCUT2D eigenvalue weighted by molar-refractivity contribution is 5.44. The van der Waals surface area contributed by atoms with E-state index in [-0.39, 0.29) is 0 Å². The molecule has 0 aliphatic heterocycles. The van der Waals surface area contributed by atoms with Crippen molar-refractivity contribution in [1.82, 2.24) is 0 Å². The van der Waals surface area contributed by atoms with Crippen LogP contribution in [0.1, 0.15) is 31.4 Å². The molecule has 0 heterocycles. The van der Waals surface area contributed by atoms with Crippen molar-refractivity contribution in [3.05, 3.63) is 29.3 Å². The van der Waals surface area contributed by atoms with Crippen LogP contribution < -0.4 is 5.73 Å². The van der Waals surface area contributed by atoms with Gasteiger partial charge in [-0.15, -0.1) is 0 Å². The molecule has 0 fully saturated rings. The molecule has 13 heavy (non-hydrogen) atoms. The van der Waals surface area contributed by atoms with Crippen LogP contribution in [-0.2, 0) is 6.42 Å². The number of aryl methyl sites for hydroxylation is 2. The number of nitrogen functional groups attached to an aromatic ring is 1. The largest absolute Gasteiger partial charge is 0.399 e. The summed E-state index contributed by atoms with van der Waals surface area (Å²) in [5.74, 6) is 0.765. The Morgan fingerprint density at radius 1 is 1.31 bits per heavy atom. The van der Waals surface area contributed by atoms with E-state index in [1.54, 1.807) is 0 Å². The molecule has 0 aliphatic rings. The first-order chi connectivity index (χ1) is 6.09. The van der Waals surface area contributed by atoms with Crippen molar-refractivity contribution in [2.45, 2.75) is 33.6 Å². The topological polar surface area (TPSA) is 26.0 Å². The van der Waals surface area contributed by atoms with E-state index in [4.69, 9.17) is 5.73 Å². The van der Waals surface area contributed by atoms with E-state index in [1.807, 2.05) is 6.07 Å². The summed E-state index contributed by atoms with van der Waals surface area (Å²) in [6, 6.07) is 6.16. The monoisotopic (exact) mass is 177 g/mol. The molecule has 1 nitrogen and oxygen atoms in total. The molecule has 0 amide bonds. The summed E-state index contributed by atoms with van der Waals surface area (Å²) >= 11 is 0. The van der Waals surface area contributed by atoms with Crippen molar-refractivity contribution in [1.29, 1.82) is 0 Å². The number of benzene rings is 1. The van der Waals surface area contributed by atoms with Gasteiger partial charge in [0, 0.05) is 5.69 Å². The lowest BCUT2D eigenvalue weighted by molar-refractivity contribution is 0.586. The van der Waals surface area contributed by atoms with Crippen LogP contribution in [0.25, 0.3) is 0 Å². The molecule has 0 spiro atoms. The lowest BCUT2D eigenvalue weighted by Crippen LogP contribution is -1.96. The molecular weight excluding hydrogens is 158 g/mol. The van der Waals surface area contributed by atoms with Gasteiger partial charge in [-0.05, 0) is 48.9 Å². The number of hydrogen-bond donors (Lipinski definition) is 1. The van der Waals surface area contributed by atoms with Crippen LogP contribution in [0, 0.1) is 12.8 Å². The maximum atomic E-state index is 5.73. The second-order valence-electron chi connectivity index (χ2n) is 4.12. The standard InChI is InChI=1S/C12H19N/c1-9(2)4-6-11-8-12(13)7-5-10(11)3/h5,7-9H,4,6,13H2,1-3H3. The van der Waals surface area contributed by atoms with E-state index in [0.29, 0.717) is 0 Å². The molecule has 72 valence electrons. The van der Waals surface area contributed by atoms with Crippen molar-refractivity contribution in [2.75, 3.05) is 5.73 Å². The minimum Gasteiger partial charge on any atom is -0.399 e. The lowest BCUT2D eigenvalue weighted by Gasteiger charge is -2.08. The first-order valence-electron chi connectivity index (χ1n) is 4.94. The van der Waals surface area contributed by atoms with Gasteiger partial charge in [0.15, 0.2) is 0 Å². The molecule has 0 unspecified atom stereocenters. The quantitative estimate of drug-likeness (QED) is 0.705. The van der Waals surface area contributed by atoms with Crippen LogP contribution >= 0.6 is 0 Å². The summed E-state index contributed by atoms with van der Waals surface area (Å²) in [5, 5.41) is 0.